The van der Waals surface area contributed by atoms with Crippen molar-refractivity contribution in [2.45, 2.75) is 20.4 Å². The van der Waals surface area contributed by atoms with Gasteiger partial charge in [-0.3, -0.25) is 24.8 Å². The molecule has 0 aliphatic heterocycles. The molecule has 0 bridgehead atoms. The van der Waals surface area contributed by atoms with E-state index in [4.69, 9.17) is 14.5 Å². The van der Waals surface area contributed by atoms with E-state index >= 15 is 0 Å². The standard InChI is InChI=1S/C24H22N4O5S/c1-14-8-15(2)22-18(9-14)26-24(34-22)27(13-16-6-5-7-25-12-16)23(29)17-10-20(32-3)21(33-4)11-19(17)28(30)31/h5-12H,13H2,1-4H3. The minimum atomic E-state index is -0.608. The second kappa shape index (κ2) is 9.44. The Morgan fingerprint density at radius 3 is 2.53 bits per heavy atom. The summed E-state index contributed by atoms with van der Waals surface area (Å²) < 4.78 is 11.4. The van der Waals surface area contributed by atoms with E-state index in [-0.39, 0.29) is 29.3 Å². The first-order chi connectivity index (χ1) is 16.3. The van der Waals surface area contributed by atoms with Crippen molar-refractivity contribution in [1.82, 2.24) is 9.97 Å². The average molecular weight is 479 g/mol. The first-order valence-electron chi connectivity index (χ1n) is 10.3. The Balaban J connectivity index is 1.88. The molecule has 2 aromatic heterocycles. The number of hydrogen-bond acceptors (Lipinski definition) is 8. The molecule has 0 saturated heterocycles. The predicted molar refractivity (Wildman–Crippen MR) is 130 cm³/mol. The number of anilines is 1. The molecule has 9 nitrogen and oxygen atoms in total. The van der Waals surface area contributed by atoms with Crippen molar-refractivity contribution in [1.29, 1.82) is 0 Å². The number of ether oxygens (including phenoxy) is 2. The summed E-state index contributed by atoms with van der Waals surface area (Å²) in [4.78, 5) is 35.4. The van der Waals surface area contributed by atoms with Crippen LogP contribution in [0.1, 0.15) is 27.0 Å². The van der Waals surface area contributed by atoms with E-state index in [0.29, 0.717) is 5.13 Å². The van der Waals surface area contributed by atoms with Crippen LogP contribution < -0.4 is 14.4 Å². The lowest BCUT2D eigenvalue weighted by atomic mass is 10.1. The Labute approximate surface area is 199 Å². The van der Waals surface area contributed by atoms with Crippen LogP contribution in [0.4, 0.5) is 10.8 Å². The molecule has 0 N–H and O–H groups in total. The van der Waals surface area contributed by atoms with Crippen LogP contribution in [0.5, 0.6) is 11.5 Å². The van der Waals surface area contributed by atoms with Gasteiger partial charge in [0.25, 0.3) is 11.6 Å². The van der Waals surface area contributed by atoms with Gasteiger partial charge in [-0.05, 0) is 42.7 Å². The first kappa shape index (κ1) is 23.1. The summed E-state index contributed by atoms with van der Waals surface area (Å²) in [6, 6.07) is 10.1. The highest BCUT2D eigenvalue weighted by Gasteiger charge is 2.30. The van der Waals surface area contributed by atoms with Gasteiger partial charge in [-0.1, -0.05) is 23.5 Å². The Hall–Kier alpha value is -4.05. The van der Waals surface area contributed by atoms with Gasteiger partial charge in [0.15, 0.2) is 16.6 Å². The van der Waals surface area contributed by atoms with Gasteiger partial charge < -0.3 is 9.47 Å². The number of nitrogens with zero attached hydrogens (tertiary/aromatic N) is 4. The molecule has 0 saturated carbocycles. The average Bonchev–Trinajstić information content (AvgIpc) is 3.25. The van der Waals surface area contributed by atoms with Crippen LogP contribution in [0.2, 0.25) is 0 Å². The number of carbonyl (C=O) groups is 1. The van der Waals surface area contributed by atoms with Crippen LogP contribution in [0.25, 0.3) is 10.2 Å². The van der Waals surface area contributed by atoms with Gasteiger partial charge in [-0.15, -0.1) is 0 Å². The summed E-state index contributed by atoms with van der Waals surface area (Å²) in [7, 11) is 2.78. The molecule has 34 heavy (non-hydrogen) atoms. The number of hydrogen-bond donors (Lipinski definition) is 0. The second-order valence-corrected chi connectivity index (χ2v) is 8.64. The van der Waals surface area contributed by atoms with E-state index in [1.807, 2.05) is 26.0 Å². The normalized spacial score (nSPS) is 10.8. The fourth-order valence-electron chi connectivity index (χ4n) is 3.72. The number of fused-ring (bicyclic) bond motifs is 1. The minimum absolute atomic E-state index is 0.126. The maximum atomic E-state index is 13.8. The minimum Gasteiger partial charge on any atom is -0.493 e. The number of rotatable bonds is 7. The molecule has 174 valence electrons. The number of aromatic nitrogens is 2. The van der Waals surface area contributed by atoms with E-state index in [0.717, 1.165) is 26.9 Å². The first-order valence-corrected chi connectivity index (χ1v) is 11.1. The van der Waals surface area contributed by atoms with Crippen LogP contribution in [-0.4, -0.2) is 35.0 Å². The van der Waals surface area contributed by atoms with Crippen molar-refractivity contribution >= 4 is 38.3 Å². The van der Waals surface area contributed by atoms with E-state index in [1.54, 1.807) is 18.5 Å². The lowest BCUT2D eigenvalue weighted by Crippen LogP contribution is -2.31. The molecule has 4 aromatic rings. The van der Waals surface area contributed by atoms with Gasteiger partial charge >= 0.3 is 0 Å². The molecule has 0 unspecified atom stereocenters. The molecule has 0 aliphatic carbocycles. The smallest absolute Gasteiger partial charge is 0.286 e. The summed E-state index contributed by atoms with van der Waals surface area (Å²) in [5, 5.41) is 12.3. The van der Waals surface area contributed by atoms with Gasteiger partial charge in [0.1, 0.15) is 5.56 Å². The molecule has 0 spiro atoms. The second-order valence-electron chi connectivity index (χ2n) is 7.66. The molecule has 1 amide bonds. The molecular weight excluding hydrogens is 456 g/mol. The van der Waals surface area contributed by atoms with E-state index < -0.39 is 10.8 Å². The number of thiazole rings is 1. The molecule has 4 rings (SSSR count). The zero-order valence-corrected chi connectivity index (χ0v) is 19.9. The summed E-state index contributed by atoms with van der Waals surface area (Å²) in [6.45, 7) is 4.11. The predicted octanol–water partition coefficient (Wildman–Crippen LogP) is 5.08. The van der Waals surface area contributed by atoms with Crippen LogP contribution in [0.3, 0.4) is 0 Å². The largest absolute Gasteiger partial charge is 0.493 e. The lowest BCUT2D eigenvalue weighted by molar-refractivity contribution is -0.385. The number of benzene rings is 2. The number of pyridine rings is 1. The Kier molecular flexibility index (Phi) is 6.42. The van der Waals surface area contributed by atoms with Crippen molar-refractivity contribution in [3.63, 3.8) is 0 Å². The van der Waals surface area contributed by atoms with Crippen molar-refractivity contribution in [3.8, 4) is 11.5 Å². The fraction of sp³-hybridized carbons (Fsp3) is 0.208. The van der Waals surface area contributed by atoms with E-state index in [2.05, 4.69) is 11.1 Å². The molecule has 0 fully saturated rings. The highest BCUT2D eigenvalue weighted by Crippen LogP contribution is 2.38. The SMILES string of the molecule is COc1cc(C(=O)N(Cc2cccnc2)c2nc3cc(C)cc(C)c3s2)c([N+](=O)[O-])cc1OC. The van der Waals surface area contributed by atoms with Crippen LogP contribution >= 0.6 is 11.3 Å². The summed E-state index contributed by atoms with van der Waals surface area (Å²) in [6.07, 6.45) is 3.28. The zero-order valence-electron chi connectivity index (χ0n) is 19.1. The summed E-state index contributed by atoms with van der Waals surface area (Å²) in [5.41, 5.74) is 3.12. The van der Waals surface area contributed by atoms with Gasteiger partial charge in [0.05, 0.1) is 42.0 Å². The van der Waals surface area contributed by atoms with Gasteiger partial charge in [0.2, 0.25) is 0 Å². The summed E-state index contributed by atoms with van der Waals surface area (Å²) >= 11 is 1.36. The van der Waals surface area contributed by atoms with E-state index in [1.165, 1.54) is 42.6 Å². The van der Waals surface area contributed by atoms with Crippen molar-refractivity contribution in [2.24, 2.45) is 0 Å². The van der Waals surface area contributed by atoms with Crippen molar-refractivity contribution < 1.29 is 19.2 Å². The molecule has 2 aromatic carbocycles. The monoisotopic (exact) mass is 478 g/mol. The number of aryl methyl sites for hydroxylation is 2. The molecular formula is C24H22N4O5S. The van der Waals surface area contributed by atoms with Gasteiger partial charge in [-0.2, -0.15) is 0 Å². The van der Waals surface area contributed by atoms with Gasteiger partial charge in [0, 0.05) is 18.5 Å². The van der Waals surface area contributed by atoms with Crippen LogP contribution in [0, 0.1) is 24.0 Å². The summed E-state index contributed by atoms with van der Waals surface area (Å²) in [5.74, 6) is -0.200. The number of carbonyl (C=O) groups excluding carboxylic acids is 1. The molecule has 2 heterocycles. The maximum absolute atomic E-state index is 13.8. The fourth-order valence-corrected chi connectivity index (χ4v) is 4.73. The third-order valence-corrected chi connectivity index (χ3v) is 6.51. The molecule has 0 atom stereocenters. The Morgan fingerprint density at radius 1 is 1.15 bits per heavy atom. The molecule has 10 heteroatoms. The molecule has 0 aliphatic rings. The lowest BCUT2D eigenvalue weighted by Gasteiger charge is -2.20. The third-order valence-electron chi connectivity index (χ3n) is 5.28. The molecule has 0 radical (unpaired) electrons. The Bertz CT molecular complexity index is 1390. The van der Waals surface area contributed by atoms with Crippen molar-refractivity contribution in [2.75, 3.05) is 19.1 Å². The van der Waals surface area contributed by atoms with E-state index in [9.17, 15) is 14.9 Å². The van der Waals surface area contributed by atoms with Crippen LogP contribution in [-0.2, 0) is 6.54 Å². The third kappa shape index (κ3) is 4.40. The quantitative estimate of drug-likeness (QED) is 0.269. The Morgan fingerprint density at radius 2 is 1.88 bits per heavy atom. The number of methoxy groups -OCH3 is 2. The van der Waals surface area contributed by atoms with Gasteiger partial charge in [-0.25, -0.2) is 4.98 Å². The highest BCUT2D eigenvalue weighted by molar-refractivity contribution is 7.22. The number of nitro groups is 1. The van der Waals surface area contributed by atoms with Crippen LogP contribution in [0.15, 0.2) is 48.8 Å². The number of amides is 1. The van der Waals surface area contributed by atoms with Crippen molar-refractivity contribution in [3.05, 3.63) is 81.2 Å². The number of nitro benzene ring substituents is 1. The topological polar surface area (TPSA) is 108 Å². The zero-order chi connectivity index (χ0) is 24.4. The highest BCUT2D eigenvalue weighted by atomic mass is 32.1. The maximum Gasteiger partial charge on any atom is 0.286 e.